The van der Waals surface area contributed by atoms with Crippen LogP contribution < -0.4 is 10.6 Å². The number of rotatable bonds is 11. The number of ether oxygens (including phenoxy) is 2. The highest BCUT2D eigenvalue weighted by Gasteiger charge is 2.15. The Kier molecular flexibility index (Phi) is 11.9. The predicted molar refractivity (Wildman–Crippen MR) is 136 cm³/mol. The quantitative estimate of drug-likeness (QED) is 0.198. The summed E-state index contributed by atoms with van der Waals surface area (Å²) in [5, 5.41) is 11.4. The number of benzene rings is 1. The number of aromatic nitrogens is 2. The van der Waals surface area contributed by atoms with Gasteiger partial charge in [0, 0.05) is 45.5 Å². The number of hydrogen-bond acceptors (Lipinski definition) is 4. The van der Waals surface area contributed by atoms with E-state index in [1.807, 2.05) is 22.9 Å². The molecule has 1 unspecified atom stereocenters. The molecule has 0 radical (unpaired) electrons. The average Bonchev–Trinajstić information content (AvgIpc) is 3.42. The molecule has 0 spiro atoms. The minimum atomic E-state index is 0. The summed E-state index contributed by atoms with van der Waals surface area (Å²) in [4.78, 5) is 4.30. The molecule has 8 heteroatoms. The van der Waals surface area contributed by atoms with Crippen molar-refractivity contribution in [2.45, 2.75) is 32.6 Å². The molecule has 7 nitrogen and oxygen atoms in total. The Bertz CT molecular complexity index is 776. The van der Waals surface area contributed by atoms with Gasteiger partial charge in [0.05, 0.1) is 24.6 Å². The highest BCUT2D eigenvalue weighted by atomic mass is 127. The maximum absolute atomic E-state index is 5.74. The Morgan fingerprint density at radius 2 is 2.00 bits per heavy atom. The Balaban J connectivity index is 0.00000341. The predicted octanol–water partition coefficient (Wildman–Crippen LogP) is 3.34. The molecule has 2 N–H and O–H groups in total. The van der Waals surface area contributed by atoms with Crippen LogP contribution in [0.15, 0.2) is 41.5 Å². The number of guanidine groups is 1. The van der Waals surface area contributed by atoms with Gasteiger partial charge in [-0.15, -0.1) is 24.0 Å². The smallest absolute Gasteiger partial charge is 0.190 e. The summed E-state index contributed by atoms with van der Waals surface area (Å²) in [6.07, 6.45) is 6.24. The molecule has 2 heterocycles. The molecular formula is C23H36IN5O2. The number of aliphatic imine (C=N–C) groups is 1. The molecule has 1 aliphatic heterocycles. The van der Waals surface area contributed by atoms with Gasteiger partial charge >= 0.3 is 0 Å². The second-order valence-corrected chi connectivity index (χ2v) is 7.71. The fourth-order valence-corrected chi connectivity index (χ4v) is 3.51. The number of hydrogen-bond donors (Lipinski definition) is 2. The van der Waals surface area contributed by atoms with Crippen molar-refractivity contribution in [1.82, 2.24) is 20.4 Å². The lowest BCUT2D eigenvalue weighted by molar-refractivity contribution is 0.0888. The third kappa shape index (κ3) is 8.78. The van der Waals surface area contributed by atoms with Crippen LogP contribution in [-0.2, 0) is 15.9 Å². The largest absolute Gasteiger partial charge is 0.381 e. The summed E-state index contributed by atoms with van der Waals surface area (Å²) >= 11 is 0. The molecule has 2 aromatic rings. The second-order valence-electron chi connectivity index (χ2n) is 7.71. The lowest BCUT2D eigenvalue weighted by Crippen LogP contribution is -2.38. The maximum atomic E-state index is 5.74. The summed E-state index contributed by atoms with van der Waals surface area (Å²) < 4.78 is 13.1. The van der Waals surface area contributed by atoms with Crippen LogP contribution in [0.25, 0.3) is 5.69 Å². The van der Waals surface area contributed by atoms with Crippen LogP contribution in [0.4, 0.5) is 0 Å². The fraction of sp³-hybridized carbons (Fsp3) is 0.565. The van der Waals surface area contributed by atoms with Crippen LogP contribution in [0.2, 0.25) is 0 Å². The normalized spacial score (nSPS) is 16.2. The van der Waals surface area contributed by atoms with Crippen molar-refractivity contribution in [1.29, 1.82) is 0 Å². The zero-order chi connectivity index (χ0) is 21.0. The van der Waals surface area contributed by atoms with E-state index in [2.05, 4.69) is 46.0 Å². The van der Waals surface area contributed by atoms with E-state index in [9.17, 15) is 0 Å². The van der Waals surface area contributed by atoms with Gasteiger partial charge < -0.3 is 20.1 Å². The molecular weight excluding hydrogens is 505 g/mol. The van der Waals surface area contributed by atoms with Crippen LogP contribution in [0.1, 0.15) is 30.5 Å². The lowest BCUT2D eigenvalue weighted by Gasteiger charge is -2.12. The van der Waals surface area contributed by atoms with Crippen molar-refractivity contribution < 1.29 is 9.47 Å². The summed E-state index contributed by atoms with van der Waals surface area (Å²) in [7, 11) is 1.81. The minimum absolute atomic E-state index is 0. The van der Waals surface area contributed by atoms with E-state index >= 15 is 0 Å². The van der Waals surface area contributed by atoms with E-state index in [1.165, 1.54) is 5.56 Å². The van der Waals surface area contributed by atoms with Crippen molar-refractivity contribution in [3.8, 4) is 5.69 Å². The van der Waals surface area contributed by atoms with Gasteiger partial charge in [0.1, 0.15) is 0 Å². The van der Waals surface area contributed by atoms with Crippen LogP contribution in [0, 0.1) is 12.8 Å². The molecule has 0 aliphatic carbocycles. The second kappa shape index (κ2) is 14.4. The molecule has 1 atom stereocenters. The van der Waals surface area contributed by atoms with Gasteiger partial charge in [0.2, 0.25) is 0 Å². The van der Waals surface area contributed by atoms with Crippen molar-refractivity contribution in [3.05, 3.63) is 47.8 Å². The van der Waals surface area contributed by atoms with Gasteiger partial charge in [-0.25, -0.2) is 4.68 Å². The summed E-state index contributed by atoms with van der Waals surface area (Å²) in [5.41, 5.74) is 3.47. The zero-order valence-corrected chi connectivity index (χ0v) is 21.0. The maximum Gasteiger partial charge on any atom is 0.190 e. The highest BCUT2D eigenvalue weighted by molar-refractivity contribution is 14.0. The van der Waals surface area contributed by atoms with Crippen LogP contribution in [0.3, 0.4) is 0 Å². The summed E-state index contributed by atoms with van der Waals surface area (Å²) in [6, 6.07) is 10.2. The van der Waals surface area contributed by atoms with Crippen LogP contribution >= 0.6 is 24.0 Å². The van der Waals surface area contributed by atoms with Gasteiger partial charge in [-0.2, -0.15) is 5.10 Å². The molecule has 0 amide bonds. The first kappa shape index (κ1) is 25.6. The Morgan fingerprint density at radius 3 is 2.71 bits per heavy atom. The van der Waals surface area contributed by atoms with Crippen molar-refractivity contribution in [2.75, 3.05) is 46.6 Å². The Hall–Kier alpha value is -1.65. The molecule has 1 aromatic heterocycles. The van der Waals surface area contributed by atoms with Crippen LogP contribution in [0.5, 0.6) is 0 Å². The van der Waals surface area contributed by atoms with Gasteiger partial charge in [-0.1, -0.05) is 18.2 Å². The number of aryl methyl sites for hydroxylation is 2. The lowest BCUT2D eigenvalue weighted by atomic mass is 10.1. The third-order valence-electron chi connectivity index (χ3n) is 5.30. The van der Waals surface area contributed by atoms with Crippen molar-refractivity contribution >= 4 is 29.9 Å². The first-order valence-electron chi connectivity index (χ1n) is 11.0. The topological polar surface area (TPSA) is 72.7 Å². The van der Waals surface area contributed by atoms with Gasteiger partial charge in [-0.05, 0) is 50.3 Å². The molecule has 0 saturated carbocycles. The molecule has 1 saturated heterocycles. The minimum Gasteiger partial charge on any atom is -0.381 e. The first-order chi connectivity index (χ1) is 14.8. The number of nitrogens with one attached hydrogen (secondary N) is 2. The van der Waals surface area contributed by atoms with Crippen molar-refractivity contribution in [3.63, 3.8) is 0 Å². The molecule has 172 valence electrons. The fourth-order valence-electron chi connectivity index (χ4n) is 3.51. The molecule has 3 rings (SSSR count). The number of halogens is 1. The van der Waals surface area contributed by atoms with Gasteiger partial charge in [-0.3, -0.25) is 4.99 Å². The standard InChI is InChI=1S/C23H35N5O2.HI/c1-19-21(16-28(27-19)22-9-4-3-5-10-22)8-6-12-25-23(24-2)26-13-7-14-29-17-20-11-15-30-18-20;/h3-5,9-10,16,20H,6-8,11-15,17-18H2,1-2H3,(H2,24,25,26);1H. The summed E-state index contributed by atoms with van der Waals surface area (Å²) in [5.74, 6) is 1.42. The monoisotopic (exact) mass is 541 g/mol. The van der Waals surface area contributed by atoms with E-state index in [0.717, 1.165) is 82.5 Å². The zero-order valence-electron chi connectivity index (χ0n) is 18.7. The van der Waals surface area contributed by atoms with Gasteiger partial charge in [0.25, 0.3) is 0 Å². The third-order valence-corrected chi connectivity index (χ3v) is 5.30. The Morgan fingerprint density at radius 1 is 1.23 bits per heavy atom. The molecule has 1 fully saturated rings. The highest BCUT2D eigenvalue weighted by Crippen LogP contribution is 2.13. The van der Waals surface area contributed by atoms with E-state index in [0.29, 0.717) is 5.92 Å². The number of para-hydroxylation sites is 1. The molecule has 31 heavy (non-hydrogen) atoms. The van der Waals surface area contributed by atoms with Gasteiger partial charge in [0.15, 0.2) is 5.96 Å². The van der Waals surface area contributed by atoms with Crippen molar-refractivity contribution in [2.24, 2.45) is 10.9 Å². The first-order valence-corrected chi connectivity index (χ1v) is 11.0. The molecule has 1 aliphatic rings. The number of nitrogens with zero attached hydrogens (tertiary/aromatic N) is 3. The summed E-state index contributed by atoms with van der Waals surface area (Å²) in [6.45, 7) is 7.11. The Labute approximate surface area is 203 Å². The van der Waals surface area contributed by atoms with E-state index in [-0.39, 0.29) is 24.0 Å². The molecule has 0 bridgehead atoms. The molecule has 1 aromatic carbocycles. The van der Waals surface area contributed by atoms with E-state index in [4.69, 9.17) is 9.47 Å². The van der Waals surface area contributed by atoms with E-state index < -0.39 is 0 Å². The van der Waals surface area contributed by atoms with Crippen LogP contribution in [-0.4, -0.2) is 62.3 Å². The average molecular weight is 541 g/mol. The van der Waals surface area contributed by atoms with E-state index in [1.54, 1.807) is 7.05 Å². The SMILES string of the molecule is CN=C(NCCCOCC1CCOC1)NCCCc1cn(-c2ccccc2)nc1C.I.